The maximum absolute atomic E-state index is 13.6. The van der Waals surface area contributed by atoms with Gasteiger partial charge in [0.15, 0.2) is 11.5 Å². The third-order valence-electron chi connectivity index (χ3n) is 5.47. The van der Waals surface area contributed by atoms with Crippen LogP contribution in [0.5, 0.6) is 0 Å². The van der Waals surface area contributed by atoms with E-state index in [0.29, 0.717) is 35.5 Å². The normalized spacial score (nSPS) is 16.3. The number of hydrogen-bond donors (Lipinski definition) is 0. The van der Waals surface area contributed by atoms with Crippen molar-refractivity contribution in [3.8, 4) is 22.7 Å². The SMILES string of the molecule is CCOC(=O)c1coc(-c2c(-c3ccc(F)cc3)noc2C2CCCCN2C(=O)OC(C)(C)C)n1. The number of rotatable bonds is 5. The zero-order valence-corrected chi connectivity index (χ0v) is 20.2. The van der Waals surface area contributed by atoms with Crippen molar-refractivity contribution in [3.63, 3.8) is 0 Å². The highest BCUT2D eigenvalue weighted by Crippen LogP contribution is 2.42. The van der Waals surface area contributed by atoms with Crippen LogP contribution < -0.4 is 0 Å². The van der Waals surface area contributed by atoms with E-state index in [2.05, 4.69) is 10.1 Å². The molecule has 9 nitrogen and oxygen atoms in total. The standard InChI is InChI=1S/C25H28FN3O6/c1-5-32-23(30)17-14-33-22(27-17)19-20(15-9-11-16(26)12-10-15)28-35-21(19)18-8-6-7-13-29(18)24(31)34-25(2,3)4/h9-12,14,18H,5-8,13H2,1-4H3. The Kier molecular flexibility index (Phi) is 6.90. The second-order valence-electron chi connectivity index (χ2n) is 9.22. The van der Waals surface area contributed by atoms with Crippen molar-refractivity contribution in [2.75, 3.05) is 13.2 Å². The summed E-state index contributed by atoms with van der Waals surface area (Å²) in [6, 6.07) is 5.24. The average Bonchev–Trinajstić information content (AvgIpc) is 3.46. The van der Waals surface area contributed by atoms with Gasteiger partial charge in [0.1, 0.15) is 28.9 Å². The van der Waals surface area contributed by atoms with E-state index in [1.165, 1.54) is 18.4 Å². The molecule has 0 spiro atoms. The highest BCUT2D eigenvalue weighted by Gasteiger charge is 2.38. The fourth-order valence-electron chi connectivity index (χ4n) is 3.97. The molecule has 0 aliphatic carbocycles. The monoisotopic (exact) mass is 485 g/mol. The van der Waals surface area contributed by atoms with E-state index in [-0.39, 0.29) is 18.2 Å². The molecule has 1 saturated heterocycles. The molecular formula is C25H28FN3O6. The van der Waals surface area contributed by atoms with Gasteiger partial charge in [-0.3, -0.25) is 4.90 Å². The Morgan fingerprint density at radius 1 is 1.20 bits per heavy atom. The molecule has 35 heavy (non-hydrogen) atoms. The number of aromatic nitrogens is 2. The Bertz CT molecular complexity index is 1190. The predicted octanol–water partition coefficient (Wildman–Crippen LogP) is 5.77. The number of hydrogen-bond acceptors (Lipinski definition) is 8. The first-order valence-electron chi connectivity index (χ1n) is 11.6. The zero-order valence-electron chi connectivity index (χ0n) is 20.2. The van der Waals surface area contributed by atoms with Crippen LogP contribution in [-0.2, 0) is 9.47 Å². The van der Waals surface area contributed by atoms with Gasteiger partial charge in [-0.25, -0.2) is 19.0 Å². The van der Waals surface area contributed by atoms with Crippen LogP contribution in [0.25, 0.3) is 22.7 Å². The van der Waals surface area contributed by atoms with Gasteiger partial charge in [-0.15, -0.1) is 0 Å². The van der Waals surface area contributed by atoms with Crippen LogP contribution in [0.15, 0.2) is 39.5 Å². The zero-order chi connectivity index (χ0) is 25.2. The molecule has 186 valence electrons. The fraction of sp³-hybridized carbons (Fsp3) is 0.440. The summed E-state index contributed by atoms with van der Waals surface area (Å²) in [5, 5.41) is 4.23. The predicted molar refractivity (Wildman–Crippen MR) is 123 cm³/mol. The first kappa shape index (κ1) is 24.4. The van der Waals surface area contributed by atoms with Crippen LogP contribution in [0.4, 0.5) is 9.18 Å². The Morgan fingerprint density at radius 2 is 1.94 bits per heavy atom. The lowest BCUT2D eigenvalue weighted by molar-refractivity contribution is 0.00619. The van der Waals surface area contributed by atoms with Gasteiger partial charge in [0.2, 0.25) is 5.89 Å². The van der Waals surface area contributed by atoms with Gasteiger partial charge < -0.3 is 18.4 Å². The average molecular weight is 486 g/mol. The number of ether oxygens (including phenoxy) is 2. The van der Waals surface area contributed by atoms with Crippen LogP contribution in [0, 0.1) is 5.82 Å². The van der Waals surface area contributed by atoms with Crippen molar-refractivity contribution in [1.29, 1.82) is 0 Å². The number of nitrogens with zero attached hydrogens (tertiary/aromatic N) is 3. The van der Waals surface area contributed by atoms with E-state index < -0.39 is 29.5 Å². The first-order valence-corrected chi connectivity index (χ1v) is 11.6. The van der Waals surface area contributed by atoms with E-state index in [1.54, 1.807) is 44.7 Å². The van der Waals surface area contributed by atoms with Gasteiger partial charge >= 0.3 is 12.1 Å². The number of carbonyl (C=O) groups excluding carboxylic acids is 2. The molecule has 0 N–H and O–H groups in total. The van der Waals surface area contributed by atoms with Crippen LogP contribution in [-0.4, -0.2) is 45.9 Å². The summed E-state index contributed by atoms with van der Waals surface area (Å²) >= 11 is 0. The molecule has 10 heteroatoms. The molecule has 1 amide bonds. The molecule has 2 aromatic heterocycles. The van der Waals surface area contributed by atoms with Crippen molar-refractivity contribution >= 4 is 12.1 Å². The minimum Gasteiger partial charge on any atom is -0.461 e. The highest BCUT2D eigenvalue weighted by molar-refractivity contribution is 5.88. The van der Waals surface area contributed by atoms with Crippen molar-refractivity contribution < 1.29 is 32.4 Å². The van der Waals surface area contributed by atoms with E-state index in [4.69, 9.17) is 18.4 Å². The van der Waals surface area contributed by atoms with E-state index in [9.17, 15) is 14.0 Å². The number of amides is 1. The molecule has 3 heterocycles. The molecule has 1 aliphatic heterocycles. The van der Waals surface area contributed by atoms with Gasteiger partial charge in [-0.2, -0.15) is 0 Å². The smallest absolute Gasteiger partial charge is 0.410 e. The highest BCUT2D eigenvalue weighted by atomic mass is 19.1. The van der Waals surface area contributed by atoms with Crippen molar-refractivity contribution in [3.05, 3.63) is 47.8 Å². The third-order valence-corrected chi connectivity index (χ3v) is 5.47. The lowest BCUT2D eigenvalue weighted by Gasteiger charge is -2.35. The molecule has 0 radical (unpaired) electrons. The van der Waals surface area contributed by atoms with Crippen molar-refractivity contribution in [1.82, 2.24) is 15.0 Å². The summed E-state index contributed by atoms with van der Waals surface area (Å²) in [7, 11) is 0. The Hall–Kier alpha value is -3.69. The molecule has 1 atom stereocenters. The van der Waals surface area contributed by atoms with Crippen LogP contribution in [0.1, 0.15) is 69.2 Å². The number of halogens is 1. The Balaban J connectivity index is 1.80. The molecule has 0 saturated carbocycles. The molecule has 1 aliphatic rings. The van der Waals surface area contributed by atoms with Crippen LogP contribution in [0.2, 0.25) is 0 Å². The molecule has 1 aromatic carbocycles. The topological polar surface area (TPSA) is 108 Å². The molecular weight excluding hydrogens is 457 g/mol. The summed E-state index contributed by atoms with van der Waals surface area (Å²) in [4.78, 5) is 31.1. The number of esters is 1. The minimum atomic E-state index is -0.667. The first-order chi connectivity index (χ1) is 16.7. The lowest BCUT2D eigenvalue weighted by Crippen LogP contribution is -2.41. The van der Waals surface area contributed by atoms with Gasteiger partial charge in [-0.1, -0.05) is 5.16 Å². The molecule has 0 bridgehead atoms. The summed E-state index contributed by atoms with van der Waals surface area (Å²) in [5.41, 5.74) is 0.623. The van der Waals surface area contributed by atoms with Gasteiger partial charge in [-0.05, 0) is 71.2 Å². The molecule has 1 unspecified atom stereocenters. The van der Waals surface area contributed by atoms with Crippen molar-refractivity contribution in [2.24, 2.45) is 0 Å². The van der Waals surface area contributed by atoms with Gasteiger partial charge in [0.25, 0.3) is 0 Å². The lowest BCUT2D eigenvalue weighted by atomic mass is 9.95. The van der Waals surface area contributed by atoms with Crippen molar-refractivity contribution in [2.45, 2.75) is 58.6 Å². The molecule has 4 rings (SSSR count). The maximum atomic E-state index is 13.6. The molecule has 3 aromatic rings. The second-order valence-corrected chi connectivity index (χ2v) is 9.22. The Labute approximate surface area is 202 Å². The summed E-state index contributed by atoms with van der Waals surface area (Å²) in [6.07, 6.45) is 3.01. The largest absolute Gasteiger partial charge is 0.461 e. The second kappa shape index (κ2) is 9.89. The number of carbonyl (C=O) groups is 2. The number of likely N-dealkylation sites (tertiary alicyclic amines) is 1. The van der Waals surface area contributed by atoms with E-state index in [1.807, 2.05) is 0 Å². The van der Waals surface area contributed by atoms with Crippen LogP contribution in [0.3, 0.4) is 0 Å². The number of benzene rings is 1. The summed E-state index contributed by atoms with van der Waals surface area (Å²) in [6.45, 7) is 7.77. The summed E-state index contributed by atoms with van der Waals surface area (Å²) in [5.74, 6) is -0.592. The molecule has 1 fully saturated rings. The van der Waals surface area contributed by atoms with Gasteiger partial charge in [0, 0.05) is 12.1 Å². The number of piperidine rings is 1. The third kappa shape index (κ3) is 5.36. The maximum Gasteiger partial charge on any atom is 0.410 e. The fourth-order valence-corrected chi connectivity index (χ4v) is 3.97. The number of oxazole rings is 1. The van der Waals surface area contributed by atoms with E-state index >= 15 is 0 Å². The van der Waals surface area contributed by atoms with Crippen LogP contribution >= 0.6 is 0 Å². The van der Waals surface area contributed by atoms with Gasteiger partial charge in [0.05, 0.1) is 12.6 Å². The quantitative estimate of drug-likeness (QED) is 0.419. The minimum absolute atomic E-state index is 0.00769. The summed E-state index contributed by atoms with van der Waals surface area (Å²) < 4.78 is 35.7. The Morgan fingerprint density at radius 3 is 2.63 bits per heavy atom. The van der Waals surface area contributed by atoms with E-state index in [0.717, 1.165) is 12.8 Å².